The molecule has 0 saturated heterocycles. The minimum absolute atomic E-state index is 0.0220. The molecule has 2 rings (SSSR count). The second-order valence-corrected chi connectivity index (χ2v) is 4.09. The van der Waals surface area contributed by atoms with Gasteiger partial charge in [-0.25, -0.2) is 8.78 Å². The molecule has 0 aliphatic rings. The Balaban J connectivity index is 2.40. The quantitative estimate of drug-likeness (QED) is 0.875. The average molecular weight is 283 g/mol. The zero-order chi connectivity index (χ0) is 14.8. The number of nitriles is 1. The van der Waals surface area contributed by atoms with Gasteiger partial charge in [-0.1, -0.05) is 18.2 Å². The molecule has 1 N–H and O–H groups in total. The Kier molecular flexibility index (Phi) is 3.74. The fourth-order valence-electron chi connectivity index (χ4n) is 1.70. The lowest BCUT2D eigenvalue weighted by Gasteiger charge is -2.18. The second-order valence-electron chi connectivity index (χ2n) is 4.09. The molecule has 0 aliphatic heterocycles. The van der Waals surface area contributed by atoms with Crippen molar-refractivity contribution in [3.63, 3.8) is 0 Å². The summed E-state index contributed by atoms with van der Waals surface area (Å²) in [5.41, 5.74) is 0.585. The summed E-state index contributed by atoms with van der Waals surface area (Å²) in [4.78, 5) is 3.99. The Morgan fingerprint density at radius 1 is 1.30 bits per heavy atom. The van der Waals surface area contributed by atoms with E-state index in [9.17, 15) is 17.6 Å². The molecular formula is C13H9F4N3. The number of rotatable bonds is 4. The minimum atomic E-state index is -4.17. The van der Waals surface area contributed by atoms with Crippen molar-refractivity contribution in [2.75, 3.05) is 11.9 Å². The molecule has 3 nitrogen and oxygen atoms in total. The van der Waals surface area contributed by atoms with E-state index < -0.39 is 18.9 Å². The minimum Gasteiger partial charge on any atom is -0.377 e. The van der Waals surface area contributed by atoms with Crippen molar-refractivity contribution in [1.82, 2.24) is 4.98 Å². The van der Waals surface area contributed by atoms with Crippen molar-refractivity contribution in [2.24, 2.45) is 0 Å². The highest BCUT2D eigenvalue weighted by molar-refractivity contribution is 5.93. The number of hydrogen-bond donors (Lipinski definition) is 1. The van der Waals surface area contributed by atoms with Crippen molar-refractivity contribution in [2.45, 2.75) is 12.3 Å². The van der Waals surface area contributed by atoms with Crippen LogP contribution < -0.4 is 5.32 Å². The number of fused-ring (bicyclic) bond motifs is 1. The van der Waals surface area contributed by atoms with Crippen LogP contribution in [-0.4, -0.2) is 23.9 Å². The van der Waals surface area contributed by atoms with E-state index in [1.807, 2.05) is 0 Å². The van der Waals surface area contributed by atoms with Gasteiger partial charge < -0.3 is 5.32 Å². The summed E-state index contributed by atoms with van der Waals surface area (Å²) < 4.78 is 50.2. The highest BCUT2D eigenvalue weighted by atomic mass is 19.3. The van der Waals surface area contributed by atoms with Crippen LogP contribution in [0.15, 0.2) is 30.5 Å². The van der Waals surface area contributed by atoms with Crippen molar-refractivity contribution in [3.8, 4) is 6.07 Å². The molecule has 1 aromatic heterocycles. The average Bonchev–Trinajstić information content (AvgIpc) is 2.44. The van der Waals surface area contributed by atoms with E-state index in [-0.39, 0.29) is 11.3 Å². The van der Waals surface area contributed by atoms with Gasteiger partial charge in [0.05, 0.1) is 23.3 Å². The molecule has 2 aromatic rings. The molecule has 1 heterocycles. The normalized spacial score (nSPS) is 11.6. The van der Waals surface area contributed by atoms with Gasteiger partial charge in [-0.15, -0.1) is 0 Å². The van der Waals surface area contributed by atoms with Crippen molar-refractivity contribution in [1.29, 1.82) is 5.26 Å². The molecule has 104 valence electrons. The molecule has 0 unspecified atom stereocenters. The number of nitrogens with one attached hydrogen (secondary N) is 1. The van der Waals surface area contributed by atoms with Crippen LogP contribution in [0.4, 0.5) is 23.2 Å². The number of benzene rings is 1. The van der Waals surface area contributed by atoms with E-state index in [2.05, 4.69) is 10.3 Å². The van der Waals surface area contributed by atoms with Gasteiger partial charge >= 0.3 is 12.3 Å². The number of hydrogen-bond acceptors (Lipinski definition) is 3. The van der Waals surface area contributed by atoms with E-state index >= 15 is 0 Å². The highest BCUT2D eigenvalue weighted by Crippen LogP contribution is 2.28. The topological polar surface area (TPSA) is 48.7 Å². The fraction of sp³-hybridized carbons (Fsp3) is 0.231. The van der Waals surface area contributed by atoms with Crippen LogP contribution >= 0.6 is 0 Å². The van der Waals surface area contributed by atoms with Gasteiger partial charge in [0.25, 0.3) is 0 Å². The number of nitrogens with zero attached hydrogens (tertiary/aromatic N) is 2. The standard InChI is InChI=1S/C13H9F4N3/c14-12(15)13(16,17)7-20-11-8(5-18)6-19-10-4-2-1-3-9(10)11/h1-4,6,12H,7H2,(H,19,20). The Morgan fingerprint density at radius 2 is 2.00 bits per heavy atom. The molecule has 0 fully saturated rings. The van der Waals surface area contributed by atoms with Gasteiger partial charge in [-0.2, -0.15) is 14.0 Å². The van der Waals surface area contributed by atoms with Crippen LogP contribution in [0.25, 0.3) is 10.9 Å². The summed E-state index contributed by atoms with van der Waals surface area (Å²) in [6, 6.07) is 8.34. The van der Waals surface area contributed by atoms with Crippen molar-refractivity contribution < 1.29 is 17.6 Å². The third kappa shape index (κ3) is 2.64. The molecule has 1 aromatic carbocycles. The number of alkyl halides is 4. The molecule has 0 atom stereocenters. The number of anilines is 1. The first-order chi connectivity index (χ1) is 9.45. The lowest BCUT2D eigenvalue weighted by molar-refractivity contribution is -0.117. The third-order valence-corrected chi connectivity index (χ3v) is 2.72. The van der Waals surface area contributed by atoms with Crippen LogP contribution in [0.3, 0.4) is 0 Å². The first-order valence-corrected chi connectivity index (χ1v) is 5.63. The van der Waals surface area contributed by atoms with Gasteiger partial charge in [0.1, 0.15) is 6.07 Å². The summed E-state index contributed by atoms with van der Waals surface area (Å²) in [5.74, 6) is -4.17. The predicted molar refractivity (Wildman–Crippen MR) is 65.9 cm³/mol. The maximum Gasteiger partial charge on any atom is 0.324 e. The molecule has 0 radical (unpaired) electrons. The van der Waals surface area contributed by atoms with E-state index in [1.165, 1.54) is 6.20 Å². The predicted octanol–water partition coefficient (Wildman–Crippen LogP) is 3.42. The lowest BCUT2D eigenvalue weighted by atomic mass is 10.1. The Hall–Kier alpha value is -2.36. The van der Waals surface area contributed by atoms with E-state index in [0.29, 0.717) is 10.9 Å². The maximum atomic E-state index is 13.0. The Morgan fingerprint density at radius 3 is 2.65 bits per heavy atom. The molecule has 0 aliphatic carbocycles. The molecule has 0 spiro atoms. The Labute approximate surface area is 111 Å². The summed E-state index contributed by atoms with van der Waals surface area (Å²) >= 11 is 0. The fourth-order valence-corrected chi connectivity index (χ4v) is 1.70. The zero-order valence-electron chi connectivity index (χ0n) is 10.1. The highest BCUT2D eigenvalue weighted by Gasteiger charge is 2.40. The number of pyridine rings is 1. The SMILES string of the molecule is N#Cc1cnc2ccccc2c1NCC(F)(F)C(F)F. The molecule has 0 bridgehead atoms. The third-order valence-electron chi connectivity index (χ3n) is 2.72. The van der Waals surface area contributed by atoms with Gasteiger partial charge in [-0.05, 0) is 6.07 Å². The smallest absolute Gasteiger partial charge is 0.324 e. The largest absolute Gasteiger partial charge is 0.377 e. The summed E-state index contributed by atoms with van der Waals surface area (Å²) in [5, 5.41) is 11.6. The molecule has 7 heteroatoms. The zero-order valence-corrected chi connectivity index (χ0v) is 10.1. The molecule has 20 heavy (non-hydrogen) atoms. The van der Waals surface area contributed by atoms with E-state index in [1.54, 1.807) is 30.3 Å². The summed E-state index contributed by atoms with van der Waals surface area (Å²) in [6.07, 6.45) is -2.56. The van der Waals surface area contributed by atoms with Crippen LogP contribution in [0.1, 0.15) is 5.56 Å². The lowest BCUT2D eigenvalue weighted by Crippen LogP contribution is -2.35. The number of halogens is 4. The van der Waals surface area contributed by atoms with Gasteiger partial charge in [0.2, 0.25) is 0 Å². The monoisotopic (exact) mass is 283 g/mol. The first kappa shape index (κ1) is 14.1. The van der Waals surface area contributed by atoms with Crippen LogP contribution in [0.2, 0.25) is 0 Å². The van der Waals surface area contributed by atoms with E-state index in [0.717, 1.165) is 0 Å². The van der Waals surface area contributed by atoms with Gasteiger partial charge in [0, 0.05) is 11.6 Å². The van der Waals surface area contributed by atoms with E-state index in [4.69, 9.17) is 5.26 Å². The van der Waals surface area contributed by atoms with Crippen LogP contribution in [0, 0.1) is 11.3 Å². The number of aromatic nitrogens is 1. The van der Waals surface area contributed by atoms with Gasteiger partial charge in [-0.3, -0.25) is 4.98 Å². The molecule has 0 amide bonds. The van der Waals surface area contributed by atoms with Gasteiger partial charge in [0.15, 0.2) is 0 Å². The first-order valence-electron chi connectivity index (χ1n) is 5.63. The maximum absolute atomic E-state index is 13.0. The van der Waals surface area contributed by atoms with Crippen molar-refractivity contribution >= 4 is 16.6 Å². The summed E-state index contributed by atoms with van der Waals surface area (Å²) in [7, 11) is 0. The van der Waals surface area contributed by atoms with Crippen LogP contribution in [0.5, 0.6) is 0 Å². The second kappa shape index (κ2) is 5.33. The van der Waals surface area contributed by atoms with Crippen LogP contribution in [-0.2, 0) is 0 Å². The Bertz CT molecular complexity index is 664. The number of para-hydroxylation sites is 1. The molecule has 0 saturated carbocycles. The van der Waals surface area contributed by atoms with Crippen molar-refractivity contribution in [3.05, 3.63) is 36.0 Å². The summed E-state index contributed by atoms with van der Waals surface area (Å²) in [6.45, 7) is -1.26. The molecular weight excluding hydrogens is 274 g/mol.